The summed E-state index contributed by atoms with van der Waals surface area (Å²) >= 11 is 0. The van der Waals surface area contributed by atoms with Crippen molar-refractivity contribution in [3.05, 3.63) is 24.2 Å². The molecule has 6 nitrogen and oxygen atoms in total. The topological polar surface area (TPSA) is 57.0 Å². The number of rotatable bonds is 5. The number of nitrogens with zero attached hydrogens (tertiary/aromatic N) is 3. The molecule has 6 heteroatoms. The number of furan rings is 1. The monoisotopic (exact) mass is 293 g/mol. The Hall–Kier alpha value is -1.82. The van der Waals surface area contributed by atoms with Crippen LogP contribution in [0, 0.1) is 0 Å². The van der Waals surface area contributed by atoms with E-state index in [2.05, 4.69) is 11.8 Å². The molecule has 116 valence electrons. The fraction of sp³-hybridized carbons (Fsp3) is 0.600. The van der Waals surface area contributed by atoms with Crippen molar-refractivity contribution in [2.45, 2.75) is 20.4 Å². The normalized spacial score (nSPS) is 16.0. The number of amides is 2. The van der Waals surface area contributed by atoms with Crippen molar-refractivity contribution >= 4 is 11.8 Å². The number of carbonyl (C=O) groups is 2. The van der Waals surface area contributed by atoms with Crippen LogP contribution in [0.15, 0.2) is 22.8 Å². The predicted octanol–water partition coefficient (Wildman–Crippen LogP) is 0.792. The molecule has 0 radical (unpaired) electrons. The van der Waals surface area contributed by atoms with Gasteiger partial charge in [0.25, 0.3) is 0 Å². The van der Waals surface area contributed by atoms with Gasteiger partial charge in [-0.25, -0.2) is 0 Å². The minimum Gasteiger partial charge on any atom is -0.467 e. The van der Waals surface area contributed by atoms with Gasteiger partial charge in [-0.3, -0.25) is 9.59 Å². The fourth-order valence-electron chi connectivity index (χ4n) is 2.45. The van der Waals surface area contributed by atoms with Gasteiger partial charge >= 0.3 is 0 Å². The van der Waals surface area contributed by atoms with E-state index in [0.717, 1.165) is 32.7 Å². The Morgan fingerprint density at radius 1 is 1.29 bits per heavy atom. The molecule has 2 rings (SSSR count). The van der Waals surface area contributed by atoms with Crippen LogP contribution < -0.4 is 0 Å². The minimum atomic E-state index is -0.119. The highest BCUT2D eigenvalue weighted by Crippen LogP contribution is 2.08. The quantitative estimate of drug-likeness (QED) is 0.805. The van der Waals surface area contributed by atoms with Gasteiger partial charge in [0.05, 0.1) is 12.8 Å². The van der Waals surface area contributed by atoms with E-state index in [-0.39, 0.29) is 18.4 Å². The van der Waals surface area contributed by atoms with Crippen LogP contribution >= 0.6 is 0 Å². The van der Waals surface area contributed by atoms with E-state index < -0.39 is 0 Å². The molecule has 0 aliphatic carbocycles. The lowest BCUT2D eigenvalue weighted by molar-refractivity contribution is -0.141. The summed E-state index contributed by atoms with van der Waals surface area (Å²) in [6.45, 7) is 8.34. The Bertz CT molecular complexity index is 465. The van der Waals surface area contributed by atoms with E-state index in [1.165, 1.54) is 11.8 Å². The Labute approximate surface area is 125 Å². The van der Waals surface area contributed by atoms with E-state index in [0.29, 0.717) is 12.3 Å². The zero-order chi connectivity index (χ0) is 15.2. The maximum atomic E-state index is 12.3. The van der Waals surface area contributed by atoms with Crippen molar-refractivity contribution in [1.82, 2.24) is 14.7 Å². The molecule has 2 amide bonds. The first kappa shape index (κ1) is 15.6. The number of carbonyl (C=O) groups excluding carboxylic acids is 2. The van der Waals surface area contributed by atoms with Crippen LogP contribution in [0.3, 0.4) is 0 Å². The molecule has 1 saturated heterocycles. The highest BCUT2D eigenvalue weighted by atomic mass is 16.3. The van der Waals surface area contributed by atoms with Gasteiger partial charge in [-0.15, -0.1) is 0 Å². The fourth-order valence-corrected chi connectivity index (χ4v) is 2.45. The second-order valence-electron chi connectivity index (χ2n) is 5.27. The third kappa shape index (κ3) is 4.32. The molecule has 0 spiro atoms. The average Bonchev–Trinajstić information content (AvgIpc) is 2.99. The van der Waals surface area contributed by atoms with Gasteiger partial charge in [0.2, 0.25) is 11.8 Å². The standard InChI is InChI=1S/C15H23N3O3/c1-3-16-6-8-17(9-7-16)15(20)12-18(13(2)19)11-14-5-4-10-21-14/h4-5,10H,3,6-9,11-12H2,1-2H3. The van der Waals surface area contributed by atoms with Crippen LogP contribution in [0.25, 0.3) is 0 Å². The number of hydrogen-bond donors (Lipinski definition) is 0. The molecule has 0 bridgehead atoms. The summed E-state index contributed by atoms with van der Waals surface area (Å²) in [5, 5.41) is 0. The summed E-state index contributed by atoms with van der Waals surface area (Å²) in [4.78, 5) is 29.7. The van der Waals surface area contributed by atoms with Crippen molar-refractivity contribution in [3.8, 4) is 0 Å². The van der Waals surface area contributed by atoms with Crippen LogP contribution in [0.1, 0.15) is 19.6 Å². The average molecular weight is 293 g/mol. The van der Waals surface area contributed by atoms with Crippen molar-refractivity contribution in [1.29, 1.82) is 0 Å². The first-order valence-electron chi connectivity index (χ1n) is 7.38. The van der Waals surface area contributed by atoms with Gasteiger partial charge in [-0.05, 0) is 18.7 Å². The molecule has 1 fully saturated rings. The number of piperazine rings is 1. The molecule has 1 aromatic heterocycles. The smallest absolute Gasteiger partial charge is 0.242 e. The lowest BCUT2D eigenvalue weighted by Crippen LogP contribution is -2.51. The summed E-state index contributed by atoms with van der Waals surface area (Å²) in [5.74, 6) is 0.577. The molecule has 2 heterocycles. The SMILES string of the molecule is CCN1CCN(C(=O)CN(Cc2ccco2)C(C)=O)CC1. The van der Waals surface area contributed by atoms with E-state index >= 15 is 0 Å². The Balaban J connectivity index is 1.88. The van der Waals surface area contributed by atoms with Crippen molar-refractivity contribution in [2.24, 2.45) is 0 Å². The highest BCUT2D eigenvalue weighted by molar-refractivity contribution is 5.83. The summed E-state index contributed by atoms with van der Waals surface area (Å²) in [7, 11) is 0. The van der Waals surface area contributed by atoms with E-state index in [4.69, 9.17) is 4.42 Å². The highest BCUT2D eigenvalue weighted by Gasteiger charge is 2.23. The maximum Gasteiger partial charge on any atom is 0.242 e. The predicted molar refractivity (Wildman–Crippen MR) is 78.5 cm³/mol. The van der Waals surface area contributed by atoms with Crippen LogP contribution in [0.4, 0.5) is 0 Å². The molecular weight excluding hydrogens is 270 g/mol. The van der Waals surface area contributed by atoms with E-state index in [1.54, 1.807) is 18.4 Å². The van der Waals surface area contributed by atoms with Crippen molar-refractivity contribution < 1.29 is 14.0 Å². The maximum absolute atomic E-state index is 12.3. The van der Waals surface area contributed by atoms with Gasteiger partial charge in [0.15, 0.2) is 0 Å². The number of likely N-dealkylation sites (N-methyl/N-ethyl adjacent to an activating group) is 1. The van der Waals surface area contributed by atoms with E-state index in [1.807, 2.05) is 4.90 Å². The molecule has 0 aromatic carbocycles. The molecule has 21 heavy (non-hydrogen) atoms. The van der Waals surface area contributed by atoms with Gasteiger partial charge in [-0.2, -0.15) is 0 Å². The third-order valence-electron chi connectivity index (χ3n) is 3.87. The first-order chi connectivity index (χ1) is 10.1. The Morgan fingerprint density at radius 2 is 2.00 bits per heavy atom. The molecule has 1 aliphatic heterocycles. The Kier molecular flexibility index (Phi) is 5.38. The van der Waals surface area contributed by atoms with Crippen molar-refractivity contribution in [2.75, 3.05) is 39.3 Å². The number of hydrogen-bond acceptors (Lipinski definition) is 4. The lowest BCUT2D eigenvalue weighted by atomic mass is 10.3. The largest absolute Gasteiger partial charge is 0.467 e. The lowest BCUT2D eigenvalue weighted by Gasteiger charge is -2.35. The molecule has 1 aromatic rings. The second-order valence-corrected chi connectivity index (χ2v) is 5.27. The summed E-state index contributed by atoms with van der Waals surface area (Å²) in [5.41, 5.74) is 0. The van der Waals surface area contributed by atoms with E-state index in [9.17, 15) is 9.59 Å². The summed E-state index contributed by atoms with van der Waals surface area (Å²) in [6.07, 6.45) is 1.57. The molecule has 0 unspecified atom stereocenters. The molecular formula is C15H23N3O3. The molecule has 0 atom stereocenters. The van der Waals surface area contributed by atoms with Crippen LogP contribution in [-0.4, -0.2) is 65.8 Å². The molecule has 1 aliphatic rings. The summed E-state index contributed by atoms with van der Waals surface area (Å²) < 4.78 is 5.24. The molecule has 0 saturated carbocycles. The Morgan fingerprint density at radius 3 is 2.52 bits per heavy atom. The van der Waals surface area contributed by atoms with Gasteiger partial charge in [0.1, 0.15) is 12.3 Å². The third-order valence-corrected chi connectivity index (χ3v) is 3.87. The van der Waals surface area contributed by atoms with Gasteiger partial charge in [0, 0.05) is 33.1 Å². The first-order valence-corrected chi connectivity index (χ1v) is 7.38. The molecule has 0 N–H and O–H groups in total. The van der Waals surface area contributed by atoms with Crippen LogP contribution in [-0.2, 0) is 16.1 Å². The van der Waals surface area contributed by atoms with Crippen molar-refractivity contribution in [3.63, 3.8) is 0 Å². The second kappa shape index (κ2) is 7.26. The summed E-state index contributed by atoms with van der Waals surface area (Å²) in [6, 6.07) is 3.58. The zero-order valence-electron chi connectivity index (χ0n) is 12.7. The van der Waals surface area contributed by atoms with Gasteiger partial charge in [-0.1, -0.05) is 6.92 Å². The minimum absolute atomic E-state index is 0.00695. The van der Waals surface area contributed by atoms with Gasteiger partial charge < -0.3 is 19.1 Å². The zero-order valence-corrected chi connectivity index (χ0v) is 12.7. The van der Waals surface area contributed by atoms with Crippen LogP contribution in [0.5, 0.6) is 0 Å². The van der Waals surface area contributed by atoms with Crippen LogP contribution in [0.2, 0.25) is 0 Å².